The molecule has 0 unspecified atom stereocenters. The van der Waals surface area contributed by atoms with Crippen molar-refractivity contribution in [2.24, 2.45) is 0 Å². The number of imide groups is 1. The van der Waals surface area contributed by atoms with Crippen molar-refractivity contribution in [3.8, 4) is 6.07 Å². The minimum atomic E-state index is -0.432. The van der Waals surface area contributed by atoms with Gasteiger partial charge in [0.1, 0.15) is 17.6 Å². The number of carbonyl (C=O) groups excluding carboxylic acids is 3. The average molecular weight is 317 g/mol. The second kappa shape index (κ2) is 5.89. The zero-order valence-electron chi connectivity index (χ0n) is 12.0. The molecule has 1 aliphatic carbocycles. The van der Waals surface area contributed by atoms with Crippen molar-refractivity contribution in [3.63, 3.8) is 0 Å². The van der Waals surface area contributed by atoms with Gasteiger partial charge >= 0.3 is 0 Å². The molecule has 1 saturated heterocycles. The lowest BCUT2D eigenvalue weighted by molar-refractivity contribution is -0.141. The van der Waals surface area contributed by atoms with Crippen molar-refractivity contribution in [2.75, 3.05) is 11.9 Å². The Morgan fingerprint density at radius 2 is 1.86 bits per heavy atom. The number of hydrogen-bond acceptors (Lipinski definition) is 5. The number of rotatable bonds is 3. The summed E-state index contributed by atoms with van der Waals surface area (Å²) in [6.45, 7) is -0.273. The molecule has 1 fully saturated rings. The fourth-order valence-corrected chi connectivity index (χ4v) is 4.14. The van der Waals surface area contributed by atoms with E-state index in [1.807, 2.05) is 0 Å². The van der Waals surface area contributed by atoms with E-state index in [0.29, 0.717) is 10.6 Å². The van der Waals surface area contributed by atoms with E-state index in [9.17, 15) is 19.6 Å². The number of anilines is 1. The maximum atomic E-state index is 12.1. The van der Waals surface area contributed by atoms with Crippen molar-refractivity contribution in [2.45, 2.75) is 38.5 Å². The third-order valence-electron chi connectivity index (χ3n) is 3.99. The molecule has 0 aromatic carbocycles. The third-order valence-corrected chi connectivity index (χ3v) is 5.20. The van der Waals surface area contributed by atoms with E-state index >= 15 is 0 Å². The zero-order chi connectivity index (χ0) is 15.7. The van der Waals surface area contributed by atoms with Crippen molar-refractivity contribution in [3.05, 3.63) is 16.0 Å². The summed E-state index contributed by atoms with van der Waals surface area (Å²) < 4.78 is 0. The number of likely N-dealkylation sites (tertiary alicyclic amines) is 1. The Morgan fingerprint density at radius 3 is 2.55 bits per heavy atom. The molecule has 0 bridgehead atoms. The van der Waals surface area contributed by atoms with Gasteiger partial charge in [-0.25, -0.2) is 0 Å². The minimum Gasteiger partial charge on any atom is -0.315 e. The first kappa shape index (κ1) is 14.7. The summed E-state index contributed by atoms with van der Waals surface area (Å²) in [5.41, 5.74) is 1.58. The lowest BCUT2D eigenvalue weighted by Gasteiger charge is -2.12. The first-order valence-corrected chi connectivity index (χ1v) is 8.09. The van der Waals surface area contributed by atoms with Gasteiger partial charge in [0.15, 0.2) is 0 Å². The summed E-state index contributed by atoms with van der Waals surface area (Å²) in [5, 5.41) is 12.6. The Bertz CT molecular complexity index is 686. The van der Waals surface area contributed by atoms with E-state index in [2.05, 4.69) is 11.4 Å². The monoisotopic (exact) mass is 317 g/mol. The molecular weight excluding hydrogens is 302 g/mol. The molecule has 0 saturated carbocycles. The highest BCUT2D eigenvalue weighted by Crippen LogP contribution is 2.37. The number of nitrogens with one attached hydrogen (secondary N) is 1. The standard InChI is InChI=1S/C15H15N3O3S/c16-7-10-9-3-1-2-4-11(9)22-15(10)17-12(19)8-18-13(20)5-6-14(18)21/h1-6,8H2,(H,17,19). The molecule has 0 spiro atoms. The van der Waals surface area contributed by atoms with E-state index in [1.165, 1.54) is 11.3 Å². The quantitative estimate of drug-likeness (QED) is 0.857. The number of amides is 3. The summed E-state index contributed by atoms with van der Waals surface area (Å²) >= 11 is 1.43. The van der Waals surface area contributed by atoms with Crippen molar-refractivity contribution in [1.29, 1.82) is 5.26 Å². The first-order valence-electron chi connectivity index (χ1n) is 7.28. The predicted molar refractivity (Wildman–Crippen MR) is 80.3 cm³/mol. The van der Waals surface area contributed by atoms with Crippen LogP contribution in [-0.2, 0) is 27.2 Å². The summed E-state index contributed by atoms with van der Waals surface area (Å²) in [4.78, 5) is 37.3. The number of nitriles is 1. The summed E-state index contributed by atoms with van der Waals surface area (Å²) in [6, 6.07) is 2.17. The highest BCUT2D eigenvalue weighted by molar-refractivity contribution is 7.16. The highest BCUT2D eigenvalue weighted by Gasteiger charge is 2.31. The Kier molecular flexibility index (Phi) is 3.94. The smallest absolute Gasteiger partial charge is 0.245 e. The van der Waals surface area contributed by atoms with Gasteiger partial charge in [0.05, 0.1) is 5.56 Å². The Labute approximate surface area is 131 Å². The van der Waals surface area contributed by atoms with E-state index in [0.717, 1.165) is 41.0 Å². The van der Waals surface area contributed by atoms with Crippen LogP contribution in [0.25, 0.3) is 0 Å². The lowest BCUT2D eigenvalue weighted by Crippen LogP contribution is -2.36. The van der Waals surface area contributed by atoms with E-state index in [-0.39, 0.29) is 31.2 Å². The molecule has 3 amide bonds. The second-order valence-corrected chi connectivity index (χ2v) is 6.55. The normalized spacial score (nSPS) is 17.3. The second-order valence-electron chi connectivity index (χ2n) is 5.45. The van der Waals surface area contributed by atoms with Crippen LogP contribution in [0, 0.1) is 11.3 Å². The van der Waals surface area contributed by atoms with Crippen LogP contribution in [0.3, 0.4) is 0 Å². The molecule has 22 heavy (non-hydrogen) atoms. The molecule has 1 aromatic rings. The summed E-state index contributed by atoms with van der Waals surface area (Å²) in [6.07, 6.45) is 4.30. The molecule has 2 aliphatic rings. The Morgan fingerprint density at radius 1 is 1.18 bits per heavy atom. The van der Waals surface area contributed by atoms with Gasteiger partial charge in [-0.1, -0.05) is 0 Å². The van der Waals surface area contributed by atoms with Gasteiger partial charge < -0.3 is 5.32 Å². The number of hydrogen-bond donors (Lipinski definition) is 1. The molecule has 1 aromatic heterocycles. The van der Waals surface area contributed by atoms with Gasteiger partial charge in [0, 0.05) is 17.7 Å². The largest absolute Gasteiger partial charge is 0.315 e. The number of carbonyl (C=O) groups is 3. The van der Waals surface area contributed by atoms with Gasteiger partial charge in [0.25, 0.3) is 0 Å². The van der Waals surface area contributed by atoms with Crippen LogP contribution < -0.4 is 5.32 Å². The van der Waals surface area contributed by atoms with E-state index in [1.54, 1.807) is 0 Å². The molecule has 7 heteroatoms. The van der Waals surface area contributed by atoms with Gasteiger partial charge in [-0.3, -0.25) is 19.3 Å². The molecule has 114 valence electrons. The van der Waals surface area contributed by atoms with Gasteiger partial charge in [0.2, 0.25) is 17.7 Å². The van der Waals surface area contributed by atoms with E-state index in [4.69, 9.17) is 0 Å². The van der Waals surface area contributed by atoms with Crippen LogP contribution >= 0.6 is 11.3 Å². The van der Waals surface area contributed by atoms with Gasteiger partial charge in [-0.05, 0) is 31.2 Å². The number of nitrogens with zero attached hydrogens (tertiary/aromatic N) is 2. The topological polar surface area (TPSA) is 90.3 Å². The molecular formula is C15H15N3O3S. The molecule has 3 rings (SSSR count). The van der Waals surface area contributed by atoms with Crippen LogP contribution in [-0.4, -0.2) is 29.2 Å². The maximum absolute atomic E-state index is 12.1. The molecule has 1 aliphatic heterocycles. The Hall–Kier alpha value is -2.20. The van der Waals surface area contributed by atoms with Crippen LogP contribution in [0.4, 0.5) is 5.00 Å². The first-order chi connectivity index (χ1) is 10.6. The Balaban J connectivity index is 1.74. The number of thiophene rings is 1. The molecule has 0 radical (unpaired) electrons. The molecule has 2 heterocycles. The fraction of sp³-hybridized carbons (Fsp3) is 0.467. The lowest BCUT2D eigenvalue weighted by atomic mass is 9.96. The third kappa shape index (κ3) is 2.62. The average Bonchev–Trinajstić information content (AvgIpc) is 3.01. The van der Waals surface area contributed by atoms with Gasteiger partial charge in [-0.15, -0.1) is 11.3 Å². The zero-order valence-corrected chi connectivity index (χ0v) is 12.8. The number of fused-ring (bicyclic) bond motifs is 1. The van der Waals surface area contributed by atoms with Gasteiger partial charge in [-0.2, -0.15) is 5.26 Å². The number of aryl methyl sites for hydroxylation is 1. The summed E-state index contributed by atoms with van der Waals surface area (Å²) in [5.74, 6) is -1.06. The molecule has 1 N–H and O–H groups in total. The van der Waals surface area contributed by atoms with Crippen LogP contribution in [0.1, 0.15) is 41.7 Å². The molecule has 6 nitrogen and oxygen atoms in total. The summed E-state index contributed by atoms with van der Waals surface area (Å²) in [7, 11) is 0. The maximum Gasteiger partial charge on any atom is 0.245 e. The fourth-order valence-electron chi connectivity index (χ4n) is 2.88. The SMILES string of the molecule is N#Cc1c(NC(=O)CN2C(=O)CCC2=O)sc2c1CCCC2. The van der Waals surface area contributed by atoms with Crippen molar-refractivity contribution < 1.29 is 14.4 Å². The van der Waals surface area contributed by atoms with Crippen molar-refractivity contribution in [1.82, 2.24) is 4.90 Å². The molecule has 0 atom stereocenters. The minimum absolute atomic E-state index is 0.170. The highest BCUT2D eigenvalue weighted by atomic mass is 32.1. The predicted octanol–water partition coefficient (Wildman–Crippen LogP) is 1.59. The van der Waals surface area contributed by atoms with Crippen LogP contribution in [0.5, 0.6) is 0 Å². The van der Waals surface area contributed by atoms with Crippen LogP contribution in [0.2, 0.25) is 0 Å². The van der Waals surface area contributed by atoms with Crippen LogP contribution in [0.15, 0.2) is 0 Å². The van der Waals surface area contributed by atoms with E-state index < -0.39 is 5.91 Å². The van der Waals surface area contributed by atoms with Crippen molar-refractivity contribution >= 4 is 34.1 Å².